The van der Waals surface area contributed by atoms with Crippen molar-refractivity contribution in [1.82, 2.24) is 15.0 Å². The van der Waals surface area contributed by atoms with Crippen molar-refractivity contribution >= 4 is 12.6 Å². The van der Waals surface area contributed by atoms with Crippen LogP contribution in [-0.4, -0.2) is 33.3 Å². The summed E-state index contributed by atoms with van der Waals surface area (Å²) in [6.07, 6.45) is 1.66. The zero-order chi connectivity index (χ0) is 20.8. The van der Waals surface area contributed by atoms with Crippen molar-refractivity contribution in [2.24, 2.45) is 0 Å². The summed E-state index contributed by atoms with van der Waals surface area (Å²) in [5.41, 5.74) is 3.25. The molecule has 1 aromatic carbocycles. The van der Waals surface area contributed by atoms with Crippen LogP contribution < -0.4 is 5.46 Å². The van der Waals surface area contributed by atoms with Gasteiger partial charge < -0.3 is 9.31 Å². The van der Waals surface area contributed by atoms with Gasteiger partial charge in [0.05, 0.1) is 16.9 Å². The maximum Gasteiger partial charge on any atom is 0.494 e. The highest BCUT2D eigenvalue weighted by molar-refractivity contribution is 6.62. The van der Waals surface area contributed by atoms with Crippen LogP contribution in [0.3, 0.4) is 0 Å². The molecule has 4 rings (SSSR count). The fraction of sp³-hybridized carbons (Fsp3) is 0.318. The van der Waals surface area contributed by atoms with Gasteiger partial charge in [-0.05, 0) is 52.2 Å². The van der Waals surface area contributed by atoms with Gasteiger partial charge in [0.25, 0.3) is 0 Å². The fourth-order valence-electron chi connectivity index (χ4n) is 3.15. The first-order chi connectivity index (χ1) is 13.6. The van der Waals surface area contributed by atoms with Crippen molar-refractivity contribution in [2.75, 3.05) is 0 Å². The molecule has 3 heterocycles. The molecule has 0 atom stereocenters. The molecule has 148 valence electrons. The lowest BCUT2D eigenvalue weighted by Crippen LogP contribution is -2.41. The van der Waals surface area contributed by atoms with Gasteiger partial charge in [0, 0.05) is 29.1 Å². The van der Waals surface area contributed by atoms with Crippen LogP contribution in [0.25, 0.3) is 22.6 Å². The minimum Gasteiger partial charge on any atom is -0.399 e. The molecule has 3 aromatic rings. The molecule has 7 heteroatoms. The van der Waals surface area contributed by atoms with E-state index in [-0.39, 0.29) is 11.2 Å². The Morgan fingerprint density at radius 3 is 2.03 bits per heavy atom. The van der Waals surface area contributed by atoms with E-state index in [1.165, 1.54) is 6.07 Å². The van der Waals surface area contributed by atoms with E-state index >= 15 is 0 Å². The molecule has 0 bridgehead atoms. The first-order valence-corrected chi connectivity index (χ1v) is 9.58. The molecule has 5 nitrogen and oxygen atoms in total. The minimum atomic E-state index is -0.546. The van der Waals surface area contributed by atoms with Crippen molar-refractivity contribution < 1.29 is 13.7 Å². The third-order valence-electron chi connectivity index (χ3n) is 5.58. The molecule has 29 heavy (non-hydrogen) atoms. The highest BCUT2D eigenvalue weighted by Gasteiger charge is 2.51. The van der Waals surface area contributed by atoms with Gasteiger partial charge in [-0.15, -0.1) is 0 Å². The van der Waals surface area contributed by atoms with E-state index in [0.29, 0.717) is 17.1 Å². The predicted molar refractivity (Wildman–Crippen MR) is 111 cm³/mol. The standard InChI is InChI=1S/C22H23BFN3O2/c1-14-12-19(24)27-20(26-14)16-8-11-18(25-13-16)15-6-9-17(10-7-15)23-28-21(2,3)22(4,5)29-23/h6-13H,1-5H3. The summed E-state index contributed by atoms with van der Waals surface area (Å²) in [4.78, 5) is 12.6. The average molecular weight is 391 g/mol. The molecular formula is C22H23BFN3O2. The Bertz CT molecular complexity index is 1000. The van der Waals surface area contributed by atoms with Gasteiger partial charge in [-0.25, -0.2) is 4.98 Å². The minimum absolute atomic E-state index is 0.331. The molecule has 2 aromatic heterocycles. The summed E-state index contributed by atoms with van der Waals surface area (Å²) in [5, 5.41) is 0. The molecule has 0 aliphatic carbocycles. The third kappa shape index (κ3) is 3.80. The summed E-state index contributed by atoms with van der Waals surface area (Å²) in [5.74, 6) is -0.215. The number of hydrogen-bond acceptors (Lipinski definition) is 5. The molecule has 1 saturated heterocycles. The number of rotatable bonds is 3. The van der Waals surface area contributed by atoms with E-state index in [4.69, 9.17) is 9.31 Å². The summed E-state index contributed by atoms with van der Waals surface area (Å²) in [6.45, 7) is 9.89. The molecule has 1 fully saturated rings. The maximum absolute atomic E-state index is 13.5. The smallest absolute Gasteiger partial charge is 0.399 e. The monoisotopic (exact) mass is 391 g/mol. The number of nitrogens with zero attached hydrogens (tertiary/aromatic N) is 3. The lowest BCUT2D eigenvalue weighted by Gasteiger charge is -2.32. The summed E-state index contributed by atoms with van der Waals surface area (Å²) < 4.78 is 25.7. The Morgan fingerprint density at radius 2 is 1.48 bits per heavy atom. The van der Waals surface area contributed by atoms with E-state index < -0.39 is 13.1 Å². The van der Waals surface area contributed by atoms with Crippen LogP contribution in [0, 0.1) is 12.9 Å². The van der Waals surface area contributed by atoms with Crippen LogP contribution >= 0.6 is 0 Å². The number of pyridine rings is 1. The fourth-order valence-corrected chi connectivity index (χ4v) is 3.15. The van der Waals surface area contributed by atoms with Crippen molar-refractivity contribution in [3.05, 3.63) is 60.3 Å². The van der Waals surface area contributed by atoms with E-state index in [0.717, 1.165) is 16.7 Å². The van der Waals surface area contributed by atoms with E-state index in [2.05, 4.69) is 15.0 Å². The second kappa shape index (κ2) is 7.00. The Labute approximate surface area is 170 Å². The van der Waals surface area contributed by atoms with Gasteiger partial charge in [-0.3, -0.25) is 4.98 Å². The topological polar surface area (TPSA) is 57.1 Å². The first-order valence-electron chi connectivity index (χ1n) is 9.58. The largest absolute Gasteiger partial charge is 0.494 e. The second-order valence-electron chi connectivity index (χ2n) is 8.30. The summed E-state index contributed by atoms with van der Waals surface area (Å²) >= 11 is 0. The van der Waals surface area contributed by atoms with Crippen molar-refractivity contribution in [2.45, 2.75) is 45.8 Å². The van der Waals surface area contributed by atoms with Crippen LogP contribution in [0.15, 0.2) is 48.7 Å². The summed E-state index contributed by atoms with van der Waals surface area (Å²) in [6, 6.07) is 13.0. The van der Waals surface area contributed by atoms with Gasteiger partial charge in [0.15, 0.2) is 5.82 Å². The molecular weight excluding hydrogens is 368 g/mol. The van der Waals surface area contributed by atoms with Crippen molar-refractivity contribution in [3.8, 4) is 22.6 Å². The van der Waals surface area contributed by atoms with Gasteiger partial charge in [-0.1, -0.05) is 24.3 Å². The molecule has 0 spiro atoms. The quantitative estimate of drug-likeness (QED) is 0.500. The SMILES string of the molecule is Cc1cc(F)nc(-c2ccc(-c3ccc(B4OC(C)(C)C(C)(C)O4)cc3)nc2)n1. The van der Waals surface area contributed by atoms with Crippen LogP contribution in [0.4, 0.5) is 4.39 Å². The van der Waals surface area contributed by atoms with E-state index in [9.17, 15) is 4.39 Å². The Morgan fingerprint density at radius 1 is 0.862 bits per heavy atom. The number of benzene rings is 1. The number of hydrogen-bond donors (Lipinski definition) is 0. The van der Waals surface area contributed by atoms with Crippen LogP contribution in [0.1, 0.15) is 33.4 Å². The number of aryl methyl sites for hydroxylation is 1. The highest BCUT2D eigenvalue weighted by Crippen LogP contribution is 2.36. The third-order valence-corrected chi connectivity index (χ3v) is 5.58. The number of aromatic nitrogens is 3. The molecule has 0 radical (unpaired) electrons. The first kappa shape index (κ1) is 19.7. The van der Waals surface area contributed by atoms with Crippen LogP contribution in [-0.2, 0) is 9.31 Å². The molecule has 0 N–H and O–H groups in total. The maximum atomic E-state index is 13.5. The lowest BCUT2D eigenvalue weighted by molar-refractivity contribution is 0.00578. The van der Waals surface area contributed by atoms with Crippen LogP contribution in [0.2, 0.25) is 0 Å². The predicted octanol–water partition coefficient (Wildman–Crippen LogP) is 3.95. The molecule has 1 aliphatic rings. The lowest BCUT2D eigenvalue weighted by atomic mass is 9.79. The van der Waals surface area contributed by atoms with Crippen molar-refractivity contribution in [1.29, 1.82) is 0 Å². The van der Waals surface area contributed by atoms with Crippen molar-refractivity contribution in [3.63, 3.8) is 0 Å². The zero-order valence-electron chi connectivity index (χ0n) is 17.2. The van der Waals surface area contributed by atoms with Gasteiger partial charge in [0.1, 0.15) is 0 Å². The second-order valence-corrected chi connectivity index (χ2v) is 8.30. The Kier molecular flexibility index (Phi) is 4.75. The van der Waals surface area contributed by atoms with Gasteiger partial charge in [-0.2, -0.15) is 9.37 Å². The molecule has 0 amide bonds. The number of halogens is 1. The average Bonchev–Trinajstić information content (AvgIpc) is 2.89. The normalized spacial score (nSPS) is 17.5. The van der Waals surface area contributed by atoms with Crippen LogP contribution in [0.5, 0.6) is 0 Å². The Hall–Kier alpha value is -2.64. The molecule has 0 saturated carbocycles. The van der Waals surface area contributed by atoms with Gasteiger partial charge >= 0.3 is 7.12 Å². The highest BCUT2D eigenvalue weighted by atomic mass is 19.1. The van der Waals surface area contributed by atoms with Gasteiger partial charge in [0.2, 0.25) is 5.95 Å². The Balaban J connectivity index is 1.54. The summed E-state index contributed by atoms with van der Waals surface area (Å²) in [7, 11) is -0.391. The molecule has 0 unspecified atom stereocenters. The molecule has 1 aliphatic heterocycles. The van der Waals surface area contributed by atoms with E-state index in [1.807, 2.05) is 64.1 Å². The van der Waals surface area contributed by atoms with E-state index in [1.54, 1.807) is 13.1 Å². The zero-order valence-corrected chi connectivity index (χ0v) is 17.2.